The summed E-state index contributed by atoms with van der Waals surface area (Å²) in [7, 11) is 0. The molecule has 4 aromatic rings. The number of carbonyl (C=O) groups is 1. The van der Waals surface area contributed by atoms with Gasteiger partial charge in [0.2, 0.25) is 0 Å². The Bertz CT molecular complexity index is 1180. The van der Waals surface area contributed by atoms with Crippen LogP contribution >= 0.6 is 11.6 Å². The molecule has 28 heavy (non-hydrogen) atoms. The van der Waals surface area contributed by atoms with Gasteiger partial charge in [0.15, 0.2) is 5.82 Å². The van der Waals surface area contributed by atoms with Gasteiger partial charge in [0.1, 0.15) is 5.69 Å². The van der Waals surface area contributed by atoms with Crippen molar-refractivity contribution in [2.24, 2.45) is 0 Å². The average molecular weight is 392 g/mol. The van der Waals surface area contributed by atoms with Gasteiger partial charge in [-0.05, 0) is 60.9 Å². The Morgan fingerprint density at radius 3 is 2.75 bits per heavy atom. The molecule has 0 aliphatic carbocycles. The number of hydrogen-bond donors (Lipinski definition) is 1. The highest BCUT2D eigenvalue weighted by Gasteiger charge is 2.15. The average Bonchev–Trinajstić information content (AvgIpc) is 3.06. The highest BCUT2D eigenvalue weighted by molar-refractivity contribution is 6.30. The number of aryl methyl sites for hydroxylation is 3. The molecular weight excluding hydrogens is 374 g/mol. The first-order chi connectivity index (χ1) is 13.5. The molecule has 4 rings (SSSR count). The molecule has 0 saturated heterocycles. The van der Waals surface area contributed by atoms with Gasteiger partial charge in [0.25, 0.3) is 0 Å². The van der Waals surface area contributed by atoms with Crippen molar-refractivity contribution in [1.82, 2.24) is 14.5 Å². The summed E-state index contributed by atoms with van der Waals surface area (Å²) in [6, 6.07) is 16.8. The van der Waals surface area contributed by atoms with Gasteiger partial charge >= 0.3 is 5.97 Å². The Morgan fingerprint density at radius 2 is 1.96 bits per heavy atom. The van der Waals surface area contributed by atoms with E-state index in [0.717, 1.165) is 28.0 Å². The monoisotopic (exact) mass is 391 g/mol. The zero-order chi connectivity index (χ0) is 19.7. The fraction of sp³-hybridized carbons (Fsp3) is 0.136. The lowest BCUT2D eigenvalue weighted by atomic mass is 10.1. The summed E-state index contributed by atoms with van der Waals surface area (Å²) in [6.07, 6.45) is 2.31. The third kappa shape index (κ3) is 3.49. The maximum atomic E-state index is 11.4. The topological polar surface area (TPSA) is 68.0 Å². The number of imidazole rings is 1. The molecule has 0 atom stereocenters. The quantitative estimate of drug-likeness (QED) is 0.519. The van der Waals surface area contributed by atoms with Gasteiger partial charge in [0.05, 0.1) is 16.6 Å². The van der Waals surface area contributed by atoms with Crippen LogP contribution in [0.1, 0.15) is 21.5 Å². The van der Waals surface area contributed by atoms with E-state index in [1.165, 1.54) is 17.8 Å². The largest absolute Gasteiger partial charge is 0.478 e. The molecular formula is C22H18ClN3O2. The van der Waals surface area contributed by atoms with Crippen LogP contribution in [-0.4, -0.2) is 25.6 Å². The van der Waals surface area contributed by atoms with Crippen molar-refractivity contribution in [2.75, 3.05) is 0 Å². The Kier molecular flexibility index (Phi) is 4.84. The Labute approximate surface area is 167 Å². The van der Waals surface area contributed by atoms with Crippen molar-refractivity contribution in [1.29, 1.82) is 0 Å². The van der Waals surface area contributed by atoms with Crippen LogP contribution in [0.2, 0.25) is 5.02 Å². The predicted octanol–water partition coefficient (Wildman–Crippen LogP) is 5.00. The second-order valence-electron chi connectivity index (χ2n) is 6.63. The molecule has 6 heteroatoms. The van der Waals surface area contributed by atoms with Gasteiger partial charge in [0, 0.05) is 17.8 Å². The molecule has 0 fully saturated rings. The van der Waals surface area contributed by atoms with Gasteiger partial charge in [-0.15, -0.1) is 0 Å². The Balaban J connectivity index is 1.77. The number of para-hydroxylation sites is 2. The summed E-state index contributed by atoms with van der Waals surface area (Å²) in [5.74, 6) is -0.320. The number of benzene rings is 2. The lowest BCUT2D eigenvalue weighted by molar-refractivity contribution is 0.0697. The first-order valence-electron chi connectivity index (χ1n) is 8.93. The van der Waals surface area contributed by atoms with Gasteiger partial charge in [-0.2, -0.15) is 0 Å². The number of hydrogen-bond acceptors (Lipinski definition) is 3. The molecule has 5 nitrogen and oxygen atoms in total. The van der Waals surface area contributed by atoms with Crippen LogP contribution < -0.4 is 0 Å². The molecule has 0 bridgehead atoms. The number of rotatable bonds is 5. The molecule has 0 aliphatic rings. The molecule has 0 aliphatic heterocycles. The second-order valence-corrected chi connectivity index (χ2v) is 7.07. The number of halogens is 1. The van der Waals surface area contributed by atoms with E-state index >= 15 is 0 Å². The Morgan fingerprint density at radius 1 is 1.14 bits per heavy atom. The minimum absolute atomic E-state index is 0.192. The van der Waals surface area contributed by atoms with Gasteiger partial charge in [-0.25, -0.2) is 9.78 Å². The molecule has 1 N–H and O–H groups in total. The van der Waals surface area contributed by atoms with E-state index in [1.54, 1.807) is 6.07 Å². The molecule has 0 radical (unpaired) electrons. The van der Waals surface area contributed by atoms with Crippen molar-refractivity contribution < 1.29 is 9.90 Å². The predicted molar refractivity (Wildman–Crippen MR) is 110 cm³/mol. The molecule has 0 unspecified atom stereocenters. The van der Waals surface area contributed by atoms with Crippen molar-refractivity contribution >= 4 is 28.6 Å². The van der Waals surface area contributed by atoms with Crippen LogP contribution in [0.15, 0.2) is 60.8 Å². The van der Waals surface area contributed by atoms with Gasteiger partial charge in [-0.1, -0.05) is 29.8 Å². The smallest absolute Gasteiger partial charge is 0.335 e. The second kappa shape index (κ2) is 7.44. The highest BCUT2D eigenvalue weighted by Crippen LogP contribution is 2.25. The van der Waals surface area contributed by atoms with Crippen LogP contribution in [0.4, 0.5) is 0 Å². The minimum Gasteiger partial charge on any atom is -0.478 e. The number of aromatic carboxylic acids is 1. The van der Waals surface area contributed by atoms with Crippen molar-refractivity contribution in [3.8, 4) is 11.5 Å². The summed E-state index contributed by atoms with van der Waals surface area (Å²) < 4.78 is 2.09. The first-order valence-corrected chi connectivity index (χ1v) is 9.31. The molecule has 0 spiro atoms. The maximum absolute atomic E-state index is 11.4. The molecule has 0 amide bonds. The summed E-state index contributed by atoms with van der Waals surface area (Å²) >= 11 is 6.07. The summed E-state index contributed by atoms with van der Waals surface area (Å²) in [4.78, 5) is 20.4. The van der Waals surface area contributed by atoms with Gasteiger partial charge < -0.3 is 9.67 Å². The molecule has 0 saturated carbocycles. The van der Waals surface area contributed by atoms with E-state index in [0.29, 0.717) is 18.1 Å². The lowest BCUT2D eigenvalue weighted by Gasteiger charge is -2.11. The van der Waals surface area contributed by atoms with Crippen LogP contribution in [0.25, 0.3) is 22.6 Å². The normalized spacial score (nSPS) is 11.1. The molecule has 2 aromatic carbocycles. The minimum atomic E-state index is -0.983. The van der Waals surface area contributed by atoms with E-state index in [1.807, 2.05) is 49.4 Å². The number of aromatic nitrogens is 3. The number of pyridine rings is 1. The number of carboxylic acids is 1. The highest BCUT2D eigenvalue weighted by atomic mass is 35.5. The fourth-order valence-electron chi connectivity index (χ4n) is 3.36. The number of fused-ring (bicyclic) bond motifs is 1. The maximum Gasteiger partial charge on any atom is 0.335 e. The summed E-state index contributed by atoms with van der Waals surface area (Å²) in [6.45, 7) is 2.74. The Hall–Kier alpha value is -3.18. The van der Waals surface area contributed by atoms with E-state index < -0.39 is 5.97 Å². The molecule has 2 aromatic heterocycles. The zero-order valence-corrected chi connectivity index (χ0v) is 16.0. The standard InChI is InChI=1S/C22H18ClN3O2/c1-14-12-17(23)7-6-15(14)9-11-26-20-5-3-2-4-18(20)25-21(26)19-13-16(22(27)28)8-10-24-19/h2-8,10,12-13H,9,11H2,1H3,(H,27,28). The van der Waals surface area contributed by atoms with Crippen molar-refractivity contribution in [3.63, 3.8) is 0 Å². The third-order valence-corrected chi connectivity index (χ3v) is 5.04. The summed E-state index contributed by atoms with van der Waals surface area (Å²) in [5, 5.41) is 10.0. The number of carboxylic acid groups (broad SMARTS) is 1. The molecule has 2 heterocycles. The van der Waals surface area contributed by atoms with E-state index in [9.17, 15) is 9.90 Å². The van der Waals surface area contributed by atoms with Crippen molar-refractivity contribution in [2.45, 2.75) is 19.9 Å². The van der Waals surface area contributed by atoms with E-state index in [-0.39, 0.29) is 5.56 Å². The van der Waals surface area contributed by atoms with Gasteiger partial charge in [-0.3, -0.25) is 4.98 Å². The molecule has 140 valence electrons. The lowest BCUT2D eigenvalue weighted by Crippen LogP contribution is -2.06. The number of nitrogens with zero attached hydrogens (tertiary/aromatic N) is 3. The van der Waals surface area contributed by atoms with Crippen LogP contribution in [0.5, 0.6) is 0 Å². The third-order valence-electron chi connectivity index (χ3n) is 4.80. The zero-order valence-electron chi connectivity index (χ0n) is 15.3. The SMILES string of the molecule is Cc1cc(Cl)ccc1CCn1c(-c2cc(C(=O)O)ccn2)nc2ccccc21. The van der Waals surface area contributed by atoms with Crippen LogP contribution in [-0.2, 0) is 13.0 Å². The summed E-state index contributed by atoms with van der Waals surface area (Å²) in [5.41, 5.74) is 4.94. The van der Waals surface area contributed by atoms with E-state index in [4.69, 9.17) is 16.6 Å². The van der Waals surface area contributed by atoms with Crippen LogP contribution in [0, 0.1) is 6.92 Å². The van der Waals surface area contributed by atoms with E-state index in [2.05, 4.69) is 9.55 Å². The van der Waals surface area contributed by atoms with Crippen LogP contribution in [0.3, 0.4) is 0 Å². The fourth-order valence-corrected chi connectivity index (χ4v) is 3.58. The first kappa shape index (κ1) is 18.2. The van der Waals surface area contributed by atoms with Crippen molar-refractivity contribution in [3.05, 3.63) is 82.5 Å².